The number of azide groups is 1. The third-order valence-electron chi connectivity index (χ3n) is 2.05. The first kappa shape index (κ1) is 12.4. The lowest BCUT2D eigenvalue weighted by molar-refractivity contribution is 0.470. The second-order valence-corrected chi connectivity index (χ2v) is 3.74. The summed E-state index contributed by atoms with van der Waals surface area (Å²) in [5.41, 5.74) is 9.49. The zero-order valence-electron chi connectivity index (χ0n) is 8.89. The van der Waals surface area contributed by atoms with E-state index in [2.05, 4.69) is 10.0 Å². The number of aromatic hydroxyl groups is 1. The van der Waals surface area contributed by atoms with Crippen LogP contribution in [0.3, 0.4) is 0 Å². The molecule has 1 aromatic rings. The van der Waals surface area contributed by atoms with Gasteiger partial charge in [-0.3, -0.25) is 0 Å². The number of phenols is 1. The van der Waals surface area contributed by atoms with Crippen LogP contribution in [0, 0.1) is 6.92 Å². The molecule has 0 fully saturated rings. The van der Waals surface area contributed by atoms with Crippen LogP contribution in [0.25, 0.3) is 16.5 Å². The summed E-state index contributed by atoms with van der Waals surface area (Å²) < 4.78 is 0. The molecule has 0 amide bonds. The van der Waals surface area contributed by atoms with Gasteiger partial charge in [-0.1, -0.05) is 28.9 Å². The Kier molecular flexibility index (Phi) is 4.70. The number of nitrogens with zero attached hydrogens (tertiary/aromatic N) is 3. The summed E-state index contributed by atoms with van der Waals surface area (Å²) in [5, 5.41) is 13.7. The zero-order chi connectivity index (χ0) is 12.0. The van der Waals surface area contributed by atoms with Crippen LogP contribution >= 0.6 is 11.6 Å². The number of phenolic OH excluding ortho intramolecular Hbond substituents is 1. The van der Waals surface area contributed by atoms with Crippen molar-refractivity contribution in [3.63, 3.8) is 0 Å². The fraction of sp³-hybridized carbons (Fsp3) is 0.273. The molecule has 0 spiro atoms. The van der Waals surface area contributed by atoms with Crippen LogP contribution in [0.15, 0.2) is 23.3 Å². The van der Waals surface area contributed by atoms with E-state index in [-0.39, 0.29) is 5.75 Å². The zero-order valence-corrected chi connectivity index (χ0v) is 9.65. The van der Waals surface area contributed by atoms with Gasteiger partial charge in [-0.2, -0.15) is 0 Å². The Bertz CT molecular complexity index is 451. The Labute approximate surface area is 98.8 Å². The number of hydrogen-bond acceptors (Lipinski definition) is 2. The van der Waals surface area contributed by atoms with Gasteiger partial charge in [-0.15, -0.1) is 0 Å². The maximum atomic E-state index is 9.73. The van der Waals surface area contributed by atoms with Crippen molar-refractivity contribution in [1.82, 2.24) is 0 Å². The molecule has 0 bridgehead atoms. The van der Waals surface area contributed by atoms with Crippen molar-refractivity contribution in [3.8, 4) is 5.75 Å². The van der Waals surface area contributed by atoms with E-state index in [0.717, 1.165) is 5.56 Å². The quantitative estimate of drug-likeness (QED) is 0.365. The molecule has 1 rings (SSSR count). The molecular formula is C11H12ClN3O. The average molecular weight is 238 g/mol. The largest absolute Gasteiger partial charge is 0.507 e. The van der Waals surface area contributed by atoms with Crippen molar-refractivity contribution < 1.29 is 5.11 Å². The Balaban J connectivity index is 2.76. The maximum Gasteiger partial charge on any atom is 0.125 e. The molecule has 84 valence electrons. The van der Waals surface area contributed by atoms with Crippen molar-refractivity contribution in [1.29, 1.82) is 0 Å². The SMILES string of the molecule is Cc1cc(Cl)cc(C=CCCN=[N+]=[N-])c1O. The highest BCUT2D eigenvalue weighted by molar-refractivity contribution is 6.30. The van der Waals surface area contributed by atoms with Crippen LogP contribution < -0.4 is 0 Å². The van der Waals surface area contributed by atoms with Gasteiger partial charge in [0.25, 0.3) is 0 Å². The molecular weight excluding hydrogens is 226 g/mol. The van der Waals surface area contributed by atoms with E-state index in [1.807, 2.05) is 6.08 Å². The molecule has 0 saturated heterocycles. The normalized spacial score (nSPS) is 10.4. The molecule has 0 radical (unpaired) electrons. The summed E-state index contributed by atoms with van der Waals surface area (Å²) in [5.74, 6) is 0.226. The minimum atomic E-state index is 0.226. The van der Waals surface area contributed by atoms with Gasteiger partial charge in [-0.05, 0) is 36.6 Å². The predicted octanol–water partition coefficient (Wildman–Crippen LogP) is 4.07. The monoisotopic (exact) mass is 237 g/mol. The summed E-state index contributed by atoms with van der Waals surface area (Å²) in [6.07, 6.45) is 4.23. The van der Waals surface area contributed by atoms with Gasteiger partial charge in [0.05, 0.1) is 0 Å². The van der Waals surface area contributed by atoms with Gasteiger partial charge in [0, 0.05) is 22.0 Å². The number of rotatable bonds is 4. The van der Waals surface area contributed by atoms with Gasteiger partial charge in [-0.25, -0.2) is 0 Å². The van der Waals surface area contributed by atoms with Gasteiger partial charge in [0.15, 0.2) is 0 Å². The molecule has 5 heteroatoms. The summed E-state index contributed by atoms with van der Waals surface area (Å²) in [6, 6.07) is 3.39. The smallest absolute Gasteiger partial charge is 0.125 e. The van der Waals surface area contributed by atoms with E-state index in [1.165, 1.54) is 0 Å². The van der Waals surface area contributed by atoms with Gasteiger partial charge in [0.2, 0.25) is 0 Å². The number of halogens is 1. The van der Waals surface area contributed by atoms with Gasteiger partial charge in [0.1, 0.15) is 5.75 Å². The second-order valence-electron chi connectivity index (χ2n) is 3.31. The highest BCUT2D eigenvalue weighted by Gasteiger charge is 2.02. The predicted molar refractivity (Wildman–Crippen MR) is 65.5 cm³/mol. The summed E-state index contributed by atoms with van der Waals surface area (Å²) in [7, 11) is 0. The highest BCUT2D eigenvalue weighted by atomic mass is 35.5. The van der Waals surface area contributed by atoms with Crippen molar-refractivity contribution >= 4 is 17.7 Å². The lowest BCUT2D eigenvalue weighted by Crippen LogP contribution is -1.81. The molecule has 0 atom stereocenters. The molecule has 1 aromatic carbocycles. The molecule has 16 heavy (non-hydrogen) atoms. The van der Waals surface area contributed by atoms with Crippen LogP contribution in [0.2, 0.25) is 5.02 Å². The van der Waals surface area contributed by atoms with Crippen molar-refractivity contribution in [2.24, 2.45) is 5.11 Å². The Morgan fingerprint density at radius 2 is 2.31 bits per heavy atom. The minimum absolute atomic E-state index is 0.226. The van der Waals surface area contributed by atoms with Gasteiger partial charge >= 0.3 is 0 Å². The molecule has 0 saturated carbocycles. The van der Waals surface area contributed by atoms with Gasteiger partial charge < -0.3 is 5.11 Å². The summed E-state index contributed by atoms with van der Waals surface area (Å²) in [6.45, 7) is 2.20. The van der Waals surface area contributed by atoms with E-state index in [4.69, 9.17) is 17.1 Å². The molecule has 0 aliphatic carbocycles. The fourth-order valence-corrected chi connectivity index (χ4v) is 1.56. The van der Waals surface area contributed by atoms with E-state index in [1.54, 1.807) is 25.1 Å². The Morgan fingerprint density at radius 3 is 3.00 bits per heavy atom. The third-order valence-corrected chi connectivity index (χ3v) is 2.27. The first-order chi connectivity index (χ1) is 7.65. The van der Waals surface area contributed by atoms with Crippen LogP contribution in [0.1, 0.15) is 17.5 Å². The first-order valence-corrected chi connectivity index (χ1v) is 5.19. The maximum absolute atomic E-state index is 9.73. The number of benzene rings is 1. The molecule has 0 aliphatic heterocycles. The van der Waals surface area contributed by atoms with E-state index in [9.17, 15) is 5.11 Å². The number of hydrogen-bond donors (Lipinski definition) is 1. The summed E-state index contributed by atoms with van der Waals surface area (Å²) in [4.78, 5) is 2.65. The fourth-order valence-electron chi connectivity index (χ4n) is 1.28. The highest BCUT2D eigenvalue weighted by Crippen LogP contribution is 2.27. The van der Waals surface area contributed by atoms with Crippen LogP contribution in [0.4, 0.5) is 0 Å². The molecule has 0 aromatic heterocycles. The topological polar surface area (TPSA) is 69.0 Å². The second kappa shape index (κ2) is 6.05. The molecule has 0 heterocycles. The molecule has 0 aliphatic rings. The van der Waals surface area contributed by atoms with Crippen molar-refractivity contribution in [3.05, 3.63) is 44.8 Å². The Morgan fingerprint density at radius 1 is 1.56 bits per heavy atom. The third kappa shape index (κ3) is 3.50. The molecule has 1 N–H and O–H groups in total. The number of aryl methyl sites for hydroxylation is 1. The average Bonchev–Trinajstić information content (AvgIpc) is 2.24. The van der Waals surface area contributed by atoms with Crippen LogP contribution in [-0.4, -0.2) is 11.7 Å². The molecule has 4 nitrogen and oxygen atoms in total. The van der Waals surface area contributed by atoms with Crippen molar-refractivity contribution in [2.75, 3.05) is 6.54 Å². The summed E-state index contributed by atoms with van der Waals surface area (Å²) >= 11 is 5.87. The van der Waals surface area contributed by atoms with Crippen LogP contribution in [0.5, 0.6) is 5.75 Å². The minimum Gasteiger partial charge on any atom is -0.507 e. The standard InChI is InChI=1S/C11H12ClN3O/c1-8-6-10(12)7-9(11(8)16)4-2-3-5-14-15-13/h2,4,6-7,16H,3,5H2,1H3. The lowest BCUT2D eigenvalue weighted by Gasteiger charge is -2.03. The lowest BCUT2D eigenvalue weighted by atomic mass is 10.1. The van der Waals surface area contributed by atoms with Crippen molar-refractivity contribution in [2.45, 2.75) is 13.3 Å². The Hall–Kier alpha value is -1.64. The first-order valence-electron chi connectivity index (χ1n) is 4.81. The van der Waals surface area contributed by atoms with E-state index in [0.29, 0.717) is 23.6 Å². The van der Waals surface area contributed by atoms with E-state index >= 15 is 0 Å². The molecule has 0 unspecified atom stereocenters. The van der Waals surface area contributed by atoms with Crippen LogP contribution in [-0.2, 0) is 0 Å². The van der Waals surface area contributed by atoms with E-state index < -0.39 is 0 Å².